The van der Waals surface area contributed by atoms with E-state index < -0.39 is 11.2 Å². The van der Waals surface area contributed by atoms with Gasteiger partial charge in [0.15, 0.2) is 5.78 Å². The van der Waals surface area contributed by atoms with Gasteiger partial charge in [-0.15, -0.1) is 0 Å². The molecule has 1 aromatic carbocycles. The maximum Gasteiger partial charge on any atom is 0.332 e. The zero-order valence-corrected chi connectivity index (χ0v) is 20.2. The Morgan fingerprint density at radius 2 is 1.59 bits per heavy atom. The number of Topliss-reactive ketones (excluding diaryl/α,β-unsaturated/α-hetero) is 1. The van der Waals surface area contributed by atoms with Crippen LogP contribution in [-0.4, -0.2) is 64.0 Å². The van der Waals surface area contributed by atoms with E-state index in [4.69, 9.17) is 5.73 Å². The summed E-state index contributed by atoms with van der Waals surface area (Å²) in [5, 5.41) is 0. The third kappa shape index (κ3) is 5.50. The molecule has 0 radical (unpaired) electrons. The van der Waals surface area contributed by atoms with Gasteiger partial charge in [-0.1, -0.05) is 49.6 Å². The third-order valence-electron chi connectivity index (χ3n) is 7.32. The van der Waals surface area contributed by atoms with Gasteiger partial charge in [0.25, 0.3) is 5.56 Å². The van der Waals surface area contributed by atoms with Gasteiger partial charge in [-0.05, 0) is 31.2 Å². The second-order valence-corrected chi connectivity index (χ2v) is 9.67. The van der Waals surface area contributed by atoms with Crippen molar-refractivity contribution in [1.29, 1.82) is 0 Å². The van der Waals surface area contributed by atoms with E-state index in [1.165, 1.54) is 36.7 Å². The minimum absolute atomic E-state index is 0.0375. The molecule has 184 valence electrons. The van der Waals surface area contributed by atoms with E-state index >= 15 is 0 Å². The molecule has 0 unspecified atom stereocenters. The number of carbonyl (C=O) groups excluding carboxylic acids is 1. The Morgan fingerprint density at radius 3 is 2.24 bits per heavy atom. The number of nitrogens with two attached hydrogens (primary N) is 1. The number of anilines is 1. The minimum Gasteiger partial charge on any atom is -0.384 e. The molecule has 1 aromatic heterocycles. The van der Waals surface area contributed by atoms with Gasteiger partial charge in [-0.25, -0.2) is 4.79 Å². The zero-order valence-electron chi connectivity index (χ0n) is 20.2. The van der Waals surface area contributed by atoms with Crippen molar-refractivity contribution in [2.75, 3.05) is 45.0 Å². The van der Waals surface area contributed by atoms with Crippen LogP contribution >= 0.6 is 0 Å². The Bertz CT molecular complexity index is 1090. The first-order valence-electron chi connectivity index (χ1n) is 12.6. The van der Waals surface area contributed by atoms with Gasteiger partial charge >= 0.3 is 5.69 Å². The van der Waals surface area contributed by atoms with Crippen molar-refractivity contribution in [2.45, 2.75) is 52.1 Å². The summed E-state index contributed by atoms with van der Waals surface area (Å²) in [6, 6.07) is 9.44. The van der Waals surface area contributed by atoms with Crippen LogP contribution < -0.4 is 17.0 Å². The largest absolute Gasteiger partial charge is 0.384 e. The minimum atomic E-state index is -0.588. The second kappa shape index (κ2) is 11.1. The normalized spacial score (nSPS) is 18.3. The van der Waals surface area contributed by atoms with E-state index in [1.807, 2.05) is 30.3 Å². The predicted octanol–water partition coefficient (Wildman–Crippen LogP) is 2.04. The summed E-state index contributed by atoms with van der Waals surface area (Å²) in [6.07, 6.45) is 6.74. The Balaban J connectivity index is 1.47. The molecule has 1 aliphatic carbocycles. The number of rotatable bonds is 8. The molecule has 8 heteroatoms. The first-order chi connectivity index (χ1) is 16.5. The van der Waals surface area contributed by atoms with Crippen LogP contribution in [0.25, 0.3) is 0 Å². The van der Waals surface area contributed by atoms with Crippen LogP contribution in [0.15, 0.2) is 39.9 Å². The van der Waals surface area contributed by atoms with Gasteiger partial charge < -0.3 is 10.6 Å². The molecule has 34 heavy (non-hydrogen) atoms. The number of hydrogen-bond acceptors (Lipinski definition) is 6. The molecular formula is C26H37N5O3. The summed E-state index contributed by atoms with van der Waals surface area (Å²) in [5.74, 6) is 0.455. The average molecular weight is 468 g/mol. The Labute approximate surface area is 201 Å². The monoisotopic (exact) mass is 467 g/mol. The van der Waals surface area contributed by atoms with Crippen LogP contribution in [0, 0.1) is 5.92 Å². The van der Waals surface area contributed by atoms with Crippen LogP contribution in [0.3, 0.4) is 0 Å². The number of nitrogens with zero attached hydrogens (tertiary/aromatic N) is 4. The Hall–Kier alpha value is -2.71. The van der Waals surface area contributed by atoms with Crippen molar-refractivity contribution in [3.63, 3.8) is 0 Å². The quantitative estimate of drug-likeness (QED) is 0.597. The molecule has 2 N–H and O–H groups in total. The van der Waals surface area contributed by atoms with Gasteiger partial charge in [0.2, 0.25) is 0 Å². The number of benzene rings is 1. The van der Waals surface area contributed by atoms with Crippen molar-refractivity contribution >= 4 is 11.6 Å². The highest BCUT2D eigenvalue weighted by atomic mass is 16.2. The van der Waals surface area contributed by atoms with Gasteiger partial charge in [0.1, 0.15) is 11.4 Å². The van der Waals surface area contributed by atoms with Crippen molar-refractivity contribution < 1.29 is 4.79 Å². The van der Waals surface area contributed by atoms with Crippen molar-refractivity contribution in [1.82, 2.24) is 18.9 Å². The lowest BCUT2D eigenvalue weighted by atomic mass is 9.89. The van der Waals surface area contributed by atoms with Crippen LogP contribution in [0.5, 0.6) is 0 Å². The fraction of sp³-hybridized carbons (Fsp3) is 0.577. The van der Waals surface area contributed by atoms with Crippen LogP contribution in [0.2, 0.25) is 0 Å². The number of piperazine rings is 1. The van der Waals surface area contributed by atoms with Gasteiger partial charge in [0, 0.05) is 39.3 Å². The molecule has 8 nitrogen and oxygen atoms in total. The summed E-state index contributed by atoms with van der Waals surface area (Å²) in [4.78, 5) is 43.8. The summed E-state index contributed by atoms with van der Waals surface area (Å²) in [7, 11) is 0. The topological polar surface area (TPSA) is 93.6 Å². The summed E-state index contributed by atoms with van der Waals surface area (Å²) >= 11 is 0. The van der Waals surface area contributed by atoms with Gasteiger partial charge in [-0.3, -0.25) is 23.6 Å². The molecule has 1 saturated heterocycles. The molecule has 2 fully saturated rings. The highest BCUT2D eigenvalue weighted by molar-refractivity contribution is 6.01. The molecule has 0 bridgehead atoms. The molecule has 1 saturated carbocycles. The standard InChI is InChI=1S/C26H37N5O3/c1-2-30-25(33)23(24(27)31(26(30)34)18-21-11-7-4-8-12-21)22(32)19-29-15-13-28(14-16-29)17-20-9-5-3-6-10-20/h4,7-8,11-12,20H,2-3,5-6,9-10,13-19,27H2,1H3. The zero-order chi connectivity index (χ0) is 24.1. The number of hydrogen-bond donors (Lipinski definition) is 1. The lowest BCUT2D eigenvalue weighted by Crippen LogP contribution is -2.50. The molecule has 0 atom stereocenters. The van der Waals surface area contributed by atoms with Gasteiger partial charge in [-0.2, -0.15) is 0 Å². The number of carbonyl (C=O) groups is 1. The second-order valence-electron chi connectivity index (χ2n) is 9.67. The molecule has 0 amide bonds. The smallest absolute Gasteiger partial charge is 0.332 e. The third-order valence-corrected chi connectivity index (χ3v) is 7.32. The summed E-state index contributed by atoms with van der Waals surface area (Å²) in [6.45, 7) is 6.89. The fourth-order valence-electron chi connectivity index (χ4n) is 5.32. The first-order valence-corrected chi connectivity index (χ1v) is 12.6. The summed E-state index contributed by atoms with van der Waals surface area (Å²) < 4.78 is 2.45. The van der Waals surface area contributed by atoms with Crippen LogP contribution in [0.1, 0.15) is 54.9 Å². The molecular weight excluding hydrogens is 430 g/mol. The molecule has 2 aliphatic rings. The van der Waals surface area contributed by atoms with E-state index in [2.05, 4.69) is 9.80 Å². The van der Waals surface area contributed by atoms with E-state index in [1.54, 1.807) is 6.92 Å². The number of ketones is 1. The number of aromatic nitrogens is 2. The first kappa shape index (κ1) is 24.4. The van der Waals surface area contributed by atoms with E-state index in [-0.39, 0.29) is 36.8 Å². The molecule has 2 heterocycles. The average Bonchev–Trinajstić information content (AvgIpc) is 2.85. The predicted molar refractivity (Wildman–Crippen MR) is 134 cm³/mol. The molecule has 4 rings (SSSR count). The summed E-state index contributed by atoms with van der Waals surface area (Å²) in [5.41, 5.74) is 6.03. The molecule has 1 aliphatic heterocycles. The van der Waals surface area contributed by atoms with Crippen molar-refractivity contribution in [2.24, 2.45) is 5.92 Å². The van der Waals surface area contributed by atoms with Crippen LogP contribution in [0.4, 0.5) is 5.82 Å². The van der Waals surface area contributed by atoms with E-state index in [0.717, 1.165) is 48.8 Å². The molecule has 0 spiro atoms. The van der Waals surface area contributed by atoms with E-state index in [9.17, 15) is 14.4 Å². The van der Waals surface area contributed by atoms with Crippen molar-refractivity contribution in [3.8, 4) is 0 Å². The maximum absolute atomic E-state index is 13.3. The highest BCUT2D eigenvalue weighted by Gasteiger charge is 2.26. The van der Waals surface area contributed by atoms with Crippen LogP contribution in [-0.2, 0) is 13.1 Å². The Kier molecular flexibility index (Phi) is 8.00. The van der Waals surface area contributed by atoms with E-state index in [0.29, 0.717) is 0 Å². The Morgan fingerprint density at radius 1 is 0.941 bits per heavy atom. The van der Waals surface area contributed by atoms with Gasteiger partial charge in [0.05, 0.1) is 13.1 Å². The maximum atomic E-state index is 13.3. The highest BCUT2D eigenvalue weighted by Crippen LogP contribution is 2.24. The lowest BCUT2D eigenvalue weighted by molar-refractivity contribution is 0.0812. The molecule has 2 aromatic rings. The van der Waals surface area contributed by atoms with Crippen molar-refractivity contribution in [3.05, 3.63) is 62.3 Å². The number of nitrogen functional groups attached to an aromatic ring is 1. The lowest BCUT2D eigenvalue weighted by Gasteiger charge is -2.37. The fourth-order valence-corrected chi connectivity index (χ4v) is 5.32. The SMILES string of the molecule is CCn1c(=O)c(C(=O)CN2CCN(CC3CCCCC3)CC2)c(N)n(Cc2ccccc2)c1=O.